The van der Waals surface area contributed by atoms with E-state index < -0.39 is 58.0 Å². The second kappa shape index (κ2) is 9.07. The van der Waals surface area contributed by atoms with Gasteiger partial charge in [-0.3, -0.25) is 19.3 Å². The van der Waals surface area contributed by atoms with Crippen molar-refractivity contribution in [1.29, 1.82) is 0 Å². The average Bonchev–Trinajstić information content (AvgIpc) is 2.82. The molecule has 0 spiro atoms. The van der Waals surface area contributed by atoms with Gasteiger partial charge in [0.1, 0.15) is 22.8 Å². The number of phenols is 1. The van der Waals surface area contributed by atoms with Crippen LogP contribution in [-0.2, 0) is 20.8 Å². The van der Waals surface area contributed by atoms with Crippen molar-refractivity contribution in [2.75, 3.05) is 32.6 Å². The summed E-state index contributed by atoms with van der Waals surface area (Å²) in [7, 11) is 5.11. The van der Waals surface area contributed by atoms with Crippen molar-refractivity contribution in [3.63, 3.8) is 0 Å². The minimum Gasteiger partial charge on any atom is -0.508 e. The maximum atomic E-state index is 14.0. The third-order valence-electron chi connectivity index (χ3n) is 8.77. The van der Waals surface area contributed by atoms with Gasteiger partial charge in [0.25, 0.3) is 5.91 Å². The smallest absolute Gasteiger partial charge is 0.255 e. The molecule has 0 aromatic heterocycles. The Morgan fingerprint density at radius 3 is 2.49 bits per heavy atom. The predicted molar refractivity (Wildman–Crippen MR) is 143 cm³/mol. The van der Waals surface area contributed by atoms with E-state index in [1.807, 2.05) is 20.9 Å². The quantitative estimate of drug-likeness (QED) is 0.300. The van der Waals surface area contributed by atoms with Crippen molar-refractivity contribution in [3.8, 4) is 5.75 Å². The number of carbonyl (C=O) groups excluding carboxylic acids is 3. The Hall–Kier alpha value is -3.41. The molecule has 39 heavy (non-hydrogen) atoms. The molecule has 210 valence electrons. The second-order valence-electron chi connectivity index (χ2n) is 11.7. The number of fused-ring (bicyclic) bond motifs is 5. The Labute approximate surface area is 226 Å². The maximum absolute atomic E-state index is 14.0. The van der Waals surface area contributed by atoms with E-state index in [-0.39, 0.29) is 41.8 Å². The van der Waals surface area contributed by atoms with Crippen molar-refractivity contribution in [1.82, 2.24) is 10.2 Å². The molecule has 1 heterocycles. The van der Waals surface area contributed by atoms with Crippen LogP contribution in [0, 0.1) is 11.8 Å². The minimum absolute atomic E-state index is 0.0126. The molecule has 1 aromatic rings. The summed E-state index contributed by atoms with van der Waals surface area (Å²) in [4.78, 5) is 42.9. The Morgan fingerprint density at radius 1 is 1.23 bits per heavy atom. The van der Waals surface area contributed by atoms with Gasteiger partial charge >= 0.3 is 0 Å². The second-order valence-corrected chi connectivity index (χ2v) is 11.7. The number of nitrogens with zero attached hydrogens (tertiary/aromatic N) is 2. The number of amides is 1. The molecule has 5 rings (SSSR count). The van der Waals surface area contributed by atoms with Gasteiger partial charge in [-0.25, -0.2) is 0 Å². The van der Waals surface area contributed by atoms with Gasteiger partial charge in [0.05, 0.1) is 11.6 Å². The fraction of sp³-hybridized carbons (Fsp3) is 0.536. The molecule has 1 aromatic carbocycles. The van der Waals surface area contributed by atoms with Crippen LogP contribution in [0.1, 0.15) is 49.4 Å². The standard InChI is InChI=1S/C28H36N4O7/c1-11(2)30-16-6-7-32(5)21-13(16)10-17(33)19-14(21)8-12-9-15-22(31(3)4)24(35)20(27(29)38)26(37)28(15,39)25(36)18(12)23(19)34/h10-12,15-16,22,30,33-34,37,39H,6-9H2,1-5H3,(H2,29,38)/t12-,15-,16?,22-,28+/m1/s1. The number of anilines is 1. The number of phenolic OH excluding ortho intramolecular Hbond substituents is 1. The summed E-state index contributed by atoms with van der Waals surface area (Å²) < 4.78 is 0. The highest BCUT2D eigenvalue weighted by Crippen LogP contribution is 2.55. The highest BCUT2D eigenvalue weighted by molar-refractivity contribution is 6.24. The van der Waals surface area contributed by atoms with Crippen molar-refractivity contribution in [2.24, 2.45) is 17.6 Å². The van der Waals surface area contributed by atoms with Gasteiger partial charge in [-0.2, -0.15) is 0 Å². The first-order valence-electron chi connectivity index (χ1n) is 13.2. The molecular formula is C28H36N4O7. The Balaban J connectivity index is 1.72. The van der Waals surface area contributed by atoms with Gasteiger partial charge in [0, 0.05) is 42.9 Å². The molecule has 1 unspecified atom stereocenters. The van der Waals surface area contributed by atoms with Crippen molar-refractivity contribution in [2.45, 2.75) is 56.8 Å². The van der Waals surface area contributed by atoms with Crippen LogP contribution in [0.5, 0.6) is 5.75 Å². The molecular weight excluding hydrogens is 504 g/mol. The summed E-state index contributed by atoms with van der Waals surface area (Å²) in [6.07, 6.45) is 1.15. The van der Waals surface area contributed by atoms with E-state index in [0.29, 0.717) is 5.56 Å². The lowest BCUT2D eigenvalue weighted by molar-refractivity contribution is -0.153. The molecule has 11 heteroatoms. The third kappa shape index (κ3) is 3.70. The minimum atomic E-state index is -2.64. The van der Waals surface area contributed by atoms with E-state index in [0.717, 1.165) is 24.2 Å². The van der Waals surface area contributed by atoms with Crippen LogP contribution in [-0.4, -0.2) is 88.2 Å². The molecule has 11 nitrogen and oxygen atoms in total. The Bertz CT molecular complexity index is 1360. The molecule has 7 N–H and O–H groups in total. The first-order valence-corrected chi connectivity index (χ1v) is 13.2. The summed E-state index contributed by atoms with van der Waals surface area (Å²) in [5.41, 5.74) is 4.34. The van der Waals surface area contributed by atoms with Gasteiger partial charge in [-0.1, -0.05) is 13.8 Å². The fourth-order valence-electron chi connectivity index (χ4n) is 7.21. The number of carbonyl (C=O) groups is 3. The molecule has 3 aliphatic carbocycles. The first kappa shape index (κ1) is 27.2. The molecule has 4 aliphatic rings. The monoisotopic (exact) mass is 540 g/mol. The molecule has 5 atom stereocenters. The number of aromatic hydroxyl groups is 1. The van der Waals surface area contributed by atoms with Crippen LogP contribution in [0.25, 0.3) is 5.76 Å². The Morgan fingerprint density at radius 2 is 1.90 bits per heavy atom. The van der Waals surface area contributed by atoms with Crippen molar-refractivity contribution >= 4 is 28.9 Å². The van der Waals surface area contributed by atoms with Crippen LogP contribution in [0.3, 0.4) is 0 Å². The topological polar surface area (TPSA) is 177 Å². The number of ketones is 2. The maximum Gasteiger partial charge on any atom is 0.255 e. The predicted octanol–water partition coefficient (Wildman–Crippen LogP) is 0.843. The van der Waals surface area contributed by atoms with Crippen molar-refractivity contribution < 1.29 is 34.8 Å². The van der Waals surface area contributed by atoms with Crippen LogP contribution in [0.15, 0.2) is 23.0 Å². The van der Waals surface area contributed by atoms with Crippen LogP contribution in [0.2, 0.25) is 0 Å². The van der Waals surface area contributed by atoms with Crippen molar-refractivity contribution in [3.05, 3.63) is 39.7 Å². The number of likely N-dealkylation sites (N-methyl/N-ethyl adjacent to an activating group) is 1. The third-order valence-corrected chi connectivity index (χ3v) is 8.77. The molecule has 1 aliphatic heterocycles. The summed E-state index contributed by atoms with van der Waals surface area (Å²) in [6.45, 7) is 4.84. The zero-order valence-corrected chi connectivity index (χ0v) is 22.8. The van der Waals surface area contributed by atoms with Crippen LogP contribution < -0.4 is 16.0 Å². The number of hydrogen-bond acceptors (Lipinski definition) is 10. The van der Waals surface area contributed by atoms with E-state index in [9.17, 15) is 34.8 Å². The molecule has 0 bridgehead atoms. The van der Waals surface area contributed by atoms with E-state index in [1.165, 1.54) is 4.90 Å². The van der Waals surface area contributed by atoms with E-state index in [2.05, 4.69) is 10.2 Å². The lowest BCUT2D eigenvalue weighted by Gasteiger charge is -2.50. The number of nitrogens with two attached hydrogens (primary N) is 1. The van der Waals surface area contributed by atoms with E-state index >= 15 is 0 Å². The fourth-order valence-corrected chi connectivity index (χ4v) is 7.21. The first-order chi connectivity index (χ1) is 18.2. The van der Waals surface area contributed by atoms with Gasteiger partial charge in [-0.15, -0.1) is 0 Å². The number of aliphatic hydroxyl groups is 3. The number of aliphatic hydroxyl groups excluding tert-OH is 2. The van der Waals surface area contributed by atoms with Crippen LogP contribution in [0.4, 0.5) is 5.69 Å². The van der Waals surface area contributed by atoms with Gasteiger partial charge in [0.15, 0.2) is 11.4 Å². The SMILES string of the molecule is CC(C)NC1CCN(C)c2c1cc(O)c1c2C[C@@H]2C[C@@H]3[C@@H](N(C)C)C(=O)C(C(N)=O)=C(O)[C@@]3(O)C(=O)C2=C1O. The van der Waals surface area contributed by atoms with E-state index in [1.54, 1.807) is 20.2 Å². The summed E-state index contributed by atoms with van der Waals surface area (Å²) in [6, 6.07) is 0.690. The van der Waals surface area contributed by atoms with Gasteiger partial charge in [0.2, 0.25) is 5.78 Å². The molecule has 1 amide bonds. The molecule has 0 saturated heterocycles. The number of rotatable bonds is 4. The molecule has 1 fully saturated rings. The lowest BCUT2D eigenvalue weighted by atomic mass is 9.57. The highest BCUT2D eigenvalue weighted by atomic mass is 16.3. The van der Waals surface area contributed by atoms with E-state index in [4.69, 9.17) is 5.73 Å². The largest absolute Gasteiger partial charge is 0.508 e. The Kier molecular flexibility index (Phi) is 6.32. The average molecular weight is 541 g/mol. The summed E-state index contributed by atoms with van der Waals surface area (Å²) >= 11 is 0. The number of nitrogens with one attached hydrogen (secondary N) is 1. The number of benzene rings is 1. The van der Waals surface area contributed by atoms with Gasteiger partial charge < -0.3 is 36.4 Å². The number of hydrogen-bond donors (Lipinski definition) is 6. The van der Waals surface area contributed by atoms with Crippen LogP contribution >= 0.6 is 0 Å². The molecule has 0 radical (unpaired) electrons. The lowest BCUT2D eigenvalue weighted by Crippen LogP contribution is -2.65. The zero-order chi connectivity index (χ0) is 28.7. The number of Topliss-reactive ketones (excluding diaryl/α,β-unsaturated/α-hetero) is 2. The number of primary amides is 1. The zero-order valence-electron chi connectivity index (χ0n) is 22.8. The normalized spacial score (nSPS) is 30.4. The summed E-state index contributed by atoms with van der Waals surface area (Å²) in [5, 5.41) is 48.8. The highest BCUT2D eigenvalue weighted by Gasteiger charge is 2.64. The van der Waals surface area contributed by atoms with Gasteiger partial charge in [-0.05, 0) is 56.5 Å². The summed E-state index contributed by atoms with van der Waals surface area (Å²) in [5.74, 6) is -6.49. The molecule has 1 saturated carbocycles.